The maximum atomic E-state index is 11.8. The van der Waals surface area contributed by atoms with E-state index in [-0.39, 0.29) is 15.5 Å². The summed E-state index contributed by atoms with van der Waals surface area (Å²) in [5.41, 5.74) is -0.284. The smallest absolute Gasteiger partial charge is 0.337 e. The van der Waals surface area contributed by atoms with E-state index in [1.165, 1.54) is 19.1 Å². The van der Waals surface area contributed by atoms with Crippen molar-refractivity contribution in [3.05, 3.63) is 28.8 Å². The van der Waals surface area contributed by atoms with E-state index in [0.29, 0.717) is 0 Å². The van der Waals surface area contributed by atoms with Crippen molar-refractivity contribution in [2.75, 3.05) is 0 Å². The number of sulfonamides is 1. The molecular formula is C11H10ClNO4S. The first-order valence-corrected chi connectivity index (χ1v) is 6.65. The molecule has 0 spiro atoms. The van der Waals surface area contributed by atoms with Crippen LogP contribution in [0, 0.1) is 12.3 Å². The second-order valence-corrected chi connectivity index (χ2v) is 5.58. The van der Waals surface area contributed by atoms with Gasteiger partial charge in [-0.1, -0.05) is 17.5 Å². The van der Waals surface area contributed by atoms with Gasteiger partial charge in [0.05, 0.1) is 21.5 Å². The molecule has 1 rings (SSSR count). The van der Waals surface area contributed by atoms with E-state index < -0.39 is 22.0 Å². The van der Waals surface area contributed by atoms with E-state index >= 15 is 0 Å². The number of carboxylic acid groups (broad SMARTS) is 1. The predicted octanol–water partition coefficient (Wildman–Crippen LogP) is 1.34. The normalized spacial score (nSPS) is 12.7. The molecule has 1 aromatic carbocycles. The Balaban J connectivity index is 3.23. The first-order valence-electron chi connectivity index (χ1n) is 4.79. The number of hydrogen-bond acceptors (Lipinski definition) is 3. The van der Waals surface area contributed by atoms with Crippen molar-refractivity contribution in [3.8, 4) is 12.3 Å². The summed E-state index contributed by atoms with van der Waals surface area (Å²) in [6.45, 7) is 1.49. The van der Waals surface area contributed by atoms with Gasteiger partial charge in [-0.05, 0) is 25.1 Å². The molecule has 0 amide bonds. The van der Waals surface area contributed by atoms with Gasteiger partial charge in [-0.15, -0.1) is 6.42 Å². The molecule has 0 bridgehead atoms. The Kier molecular flexibility index (Phi) is 4.35. The van der Waals surface area contributed by atoms with Gasteiger partial charge in [-0.3, -0.25) is 0 Å². The van der Waals surface area contributed by atoms with Crippen LogP contribution in [0.4, 0.5) is 0 Å². The molecule has 0 heterocycles. The summed E-state index contributed by atoms with van der Waals surface area (Å²) in [6, 6.07) is 2.70. The van der Waals surface area contributed by atoms with Crippen molar-refractivity contribution in [3.63, 3.8) is 0 Å². The maximum absolute atomic E-state index is 11.8. The largest absolute Gasteiger partial charge is 0.478 e. The minimum absolute atomic E-state index is 0.0357. The molecule has 1 aromatic rings. The molecule has 96 valence electrons. The molecule has 2 N–H and O–H groups in total. The van der Waals surface area contributed by atoms with Crippen LogP contribution in [-0.4, -0.2) is 25.5 Å². The van der Waals surface area contributed by atoms with Gasteiger partial charge >= 0.3 is 5.97 Å². The van der Waals surface area contributed by atoms with Gasteiger partial charge in [0.15, 0.2) is 0 Å². The van der Waals surface area contributed by atoms with Gasteiger partial charge in [-0.25, -0.2) is 13.2 Å². The molecule has 0 saturated heterocycles. The molecule has 1 atom stereocenters. The number of rotatable bonds is 4. The number of nitrogens with one attached hydrogen (secondary N) is 1. The van der Waals surface area contributed by atoms with Crippen molar-refractivity contribution < 1.29 is 18.3 Å². The number of hydrogen-bond donors (Lipinski definition) is 2. The second kappa shape index (κ2) is 5.40. The first-order chi connectivity index (χ1) is 8.27. The molecule has 0 aliphatic heterocycles. The molecule has 18 heavy (non-hydrogen) atoms. The molecule has 0 saturated carbocycles. The molecule has 1 unspecified atom stereocenters. The zero-order chi connectivity index (χ0) is 13.9. The predicted molar refractivity (Wildman–Crippen MR) is 67.0 cm³/mol. The molecule has 0 radical (unpaired) electrons. The van der Waals surface area contributed by atoms with Crippen LogP contribution in [0.3, 0.4) is 0 Å². The Labute approximate surface area is 110 Å². The third-order valence-electron chi connectivity index (χ3n) is 2.06. The van der Waals surface area contributed by atoms with Crippen LogP contribution in [0.2, 0.25) is 5.02 Å². The Morgan fingerprint density at radius 2 is 2.17 bits per heavy atom. The number of halogens is 1. The van der Waals surface area contributed by atoms with Crippen molar-refractivity contribution in [1.29, 1.82) is 0 Å². The highest BCUT2D eigenvalue weighted by Crippen LogP contribution is 2.20. The van der Waals surface area contributed by atoms with Gasteiger partial charge in [0, 0.05) is 0 Å². The third kappa shape index (κ3) is 3.23. The van der Waals surface area contributed by atoms with Crippen LogP contribution in [0.15, 0.2) is 23.1 Å². The number of terminal acetylenes is 1. The standard InChI is InChI=1S/C11H10ClNO4S/c1-3-7(2)13-18(16,17)8-4-5-10(12)9(6-8)11(14)15/h1,4-7,13H,2H3,(H,14,15). The number of carbonyl (C=O) groups is 1. The maximum Gasteiger partial charge on any atom is 0.337 e. The highest BCUT2D eigenvalue weighted by Gasteiger charge is 2.19. The number of aromatic carboxylic acids is 1. The summed E-state index contributed by atoms with van der Waals surface area (Å²) in [4.78, 5) is 10.6. The quantitative estimate of drug-likeness (QED) is 0.819. The Hall–Kier alpha value is -1.55. The topological polar surface area (TPSA) is 83.5 Å². The monoisotopic (exact) mass is 287 g/mol. The van der Waals surface area contributed by atoms with Gasteiger partial charge in [0.1, 0.15) is 0 Å². The highest BCUT2D eigenvalue weighted by molar-refractivity contribution is 7.89. The lowest BCUT2D eigenvalue weighted by Crippen LogP contribution is -2.31. The molecule has 0 aromatic heterocycles. The second-order valence-electron chi connectivity index (χ2n) is 3.46. The summed E-state index contributed by atoms with van der Waals surface area (Å²) in [7, 11) is -3.86. The lowest BCUT2D eigenvalue weighted by Gasteiger charge is -2.10. The van der Waals surface area contributed by atoms with E-state index in [9.17, 15) is 13.2 Å². The van der Waals surface area contributed by atoms with Crippen molar-refractivity contribution in [2.24, 2.45) is 0 Å². The summed E-state index contributed by atoms with van der Waals surface area (Å²) >= 11 is 5.65. The van der Waals surface area contributed by atoms with Gasteiger partial charge in [0.25, 0.3) is 0 Å². The third-order valence-corrected chi connectivity index (χ3v) is 3.93. The zero-order valence-electron chi connectivity index (χ0n) is 9.34. The summed E-state index contributed by atoms with van der Waals surface area (Å²) in [5, 5.41) is 8.82. The van der Waals surface area contributed by atoms with Crippen molar-refractivity contribution >= 4 is 27.6 Å². The Bertz CT molecular complexity index is 618. The van der Waals surface area contributed by atoms with Gasteiger partial charge in [0.2, 0.25) is 10.0 Å². The summed E-state index contributed by atoms with van der Waals surface area (Å²) in [6.07, 6.45) is 5.07. The van der Waals surface area contributed by atoms with E-state index in [2.05, 4.69) is 10.6 Å². The van der Waals surface area contributed by atoms with Gasteiger partial charge < -0.3 is 5.11 Å². The number of carboxylic acids is 1. The minimum Gasteiger partial charge on any atom is -0.478 e. The molecule has 0 aliphatic rings. The summed E-state index contributed by atoms with van der Waals surface area (Å²) in [5.74, 6) is 0.903. The number of benzene rings is 1. The fourth-order valence-electron chi connectivity index (χ4n) is 1.17. The van der Waals surface area contributed by atoms with Crippen LogP contribution < -0.4 is 4.72 Å². The molecule has 0 aliphatic carbocycles. The van der Waals surface area contributed by atoms with Crippen LogP contribution in [-0.2, 0) is 10.0 Å². The molecule has 7 heteroatoms. The van der Waals surface area contributed by atoms with Crippen molar-refractivity contribution in [2.45, 2.75) is 17.9 Å². The van der Waals surface area contributed by atoms with E-state index in [0.717, 1.165) is 6.07 Å². The fourth-order valence-corrected chi connectivity index (χ4v) is 2.56. The van der Waals surface area contributed by atoms with Crippen LogP contribution in [0.5, 0.6) is 0 Å². The zero-order valence-corrected chi connectivity index (χ0v) is 10.9. The van der Waals surface area contributed by atoms with Crippen LogP contribution >= 0.6 is 11.6 Å². The highest BCUT2D eigenvalue weighted by atomic mass is 35.5. The first kappa shape index (κ1) is 14.5. The lowest BCUT2D eigenvalue weighted by atomic mass is 10.2. The van der Waals surface area contributed by atoms with Crippen molar-refractivity contribution in [1.82, 2.24) is 4.72 Å². The average Bonchev–Trinajstić information content (AvgIpc) is 2.28. The minimum atomic E-state index is -3.86. The average molecular weight is 288 g/mol. The van der Waals surface area contributed by atoms with Crippen LogP contribution in [0.1, 0.15) is 17.3 Å². The molecule has 5 nitrogen and oxygen atoms in total. The van der Waals surface area contributed by atoms with E-state index in [1.807, 2.05) is 0 Å². The molecular weight excluding hydrogens is 278 g/mol. The Morgan fingerprint density at radius 3 is 2.67 bits per heavy atom. The van der Waals surface area contributed by atoms with E-state index in [4.69, 9.17) is 23.1 Å². The van der Waals surface area contributed by atoms with Gasteiger partial charge in [-0.2, -0.15) is 4.72 Å². The fraction of sp³-hybridized carbons (Fsp3) is 0.182. The lowest BCUT2D eigenvalue weighted by molar-refractivity contribution is 0.0697. The Morgan fingerprint density at radius 1 is 1.56 bits per heavy atom. The van der Waals surface area contributed by atoms with Crippen LogP contribution in [0.25, 0.3) is 0 Å². The SMILES string of the molecule is C#CC(C)NS(=O)(=O)c1ccc(Cl)c(C(=O)O)c1. The molecule has 0 fully saturated rings. The van der Waals surface area contributed by atoms with E-state index in [1.54, 1.807) is 0 Å². The summed E-state index contributed by atoms with van der Waals surface area (Å²) < 4.78 is 25.9.